The van der Waals surface area contributed by atoms with Gasteiger partial charge in [-0.2, -0.15) is 0 Å². The Bertz CT molecular complexity index is 1020. The highest BCUT2D eigenvalue weighted by molar-refractivity contribution is 5.79. The van der Waals surface area contributed by atoms with Crippen molar-refractivity contribution in [2.24, 2.45) is 0 Å². The normalized spacial score (nSPS) is 11.2. The summed E-state index contributed by atoms with van der Waals surface area (Å²) >= 11 is 0. The van der Waals surface area contributed by atoms with Crippen molar-refractivity contribution >= 4 is 11.0 Å². The van der Waals surface area contributed by atoms with Gasteiger partial charge in [0.25, 0.3) is 0 Å². The zero-order valence-electron chi connectivity index (χ0n) is 14.0. The van der Waals surface area contributed by atoms with E-state index in [9.17, 15) is 8.78 Å². The third kappa shape index (κ3) is 3.61. The molecule has 0 bridgehead atoms. The molecule has 3 aromatic heterocycles. The maximum atomic E-state index is 13.2. The maximum absolute atomic E-state index is 13.2. The van der Waals surface area contributed by atoms with Crippen molar-refractivity contribution in [1.29, 1.82) is 0 Å². The van der Waals surface area contributed by atoms with Crippen molar-refractivity contribution < 1.29 is 8.78 Å². The second kappa shape index (κ2) is 7.04. The van der Waals surface area contributed by atoms with Crippen LogP contribution in [0.15, 0.2) is 61.1 Å². The molecule has 130 valence electrons. The largest absolute Gasteiger partial charge is 0.346 e. The van der Waals surface area contributed by atoms with Crippen LogP contribution in [0.4, 0.5) is 8.78 Å². The lowest BCUT2D eigenvalue weighted by atomic mass is 10.0. The van der Waals surface area contributed by atoms with Crippen LogP contribution in [-0.2, 0) is 19.3 Å². The lowest BCUT2D eigenvalue weighted by Gasteiger charge is -2.05. The van der Waals surface area contributed by atoms with E-state index < -0.39 is 11.6 Å². The Morgan fingerprint density at radius 3 is 2.50 bits per heavy atom. The Hall–Kier alpha value is -3.08. The molecule has 1 N–H and O–H groups in total. The molecular weight excluding hydrogens is 332 g/mol. The van der Waals surface area contributed by atoms with Gasteiger partial charge in [-0.1, -0.05) is 6.07 Å². The van der Waals surface area contributed by atoms with Crippen molar-refractivity contribution in [2.45, 2.75) is 19.3 Å². The quantitative estimate of drug-likeness (QED) is 0.571. The van der Waals surface area contributed by atoms with Gasteiger partial charge in [0.15, 0.2) is 0 Å². The maximum Gasteiger partial charge on any atom is 0.137 e. The zero-order chi connectivity index (χ0) is 17.9. The average Bonchev–Trinajstić information content (AvgIpc) is 3.04. The van der Waals surface area contributed by atoms with E-state index in [1.807, 2.05) is 36.7 Å². The number of benzene rings is 1. The van der Waals surface area contributed by atoms with Gasteiger partial charge < -0.3 is 4.98 Å². The third-order valence-corrected chi connectivity index (χ3v) is 4.41. The predicted molar refractivity (Wildman–Crippen MR) is 96.9 cm³/mol. The molecule has 0 aliphatic carbocycles. The number of hydrogen-bond acceptors (Lipinski definition) is 2. The van der Waals surface area contributed by atoms with Gasteiger partial charge in [-0.3, -0.25) is 4.98 Å². The van der Waals surface area contributed by atoms with E-state index in [1.54, 1.807) is 6.20 Å². The number of H-pyrrole nitrogens is 1. The van der Waals surface area contributed by atoms with E-state index in [0.29, 0.717) is 18.4 Å². The van der Waals surface area contributed by atoms with Gasteiger partial charge in [0.05, 0.1) is 0 Å². The van der Waals surface area contributed by atoms with Crippen LogP contribution in [0.3, 0.4) is 0 Å². The molecule has 0 amide bonds. The van der Waals surface area contributed by atoms with Crippen LogP contribution in [0.2, 0.25) is 0 Å². The Labute approximate surface area is 149 Å². The van der Waals surface area contributed by atoms with Gasteiger partial charge in [-0.15, -0.1) is 0 Å². The van der Waals surface area contributed by atoms with Gasteiger partial charge in [0.1, 0.15) is 17.3 Å². The number of halogens is 2. The second-order valence-electron chi connectivity index (χ2n) is 6.33. The molecule has 3 nitrogen and oxygen atoms in total. The molecule has 0 aliphatic heterocycles. The summed E-state index contributed by atoms with van der Waals surface area (Å²) in [6.07, 6.45) is 7.56. The zero-order valence-corrected chi connectivity index (χ0v) is 14.0. The average molecular weight is 349 g/mol. The first-order valence-electron chi connectivity index (χ1n) is 8.47. The number of nitrogens with one attached hydrogen (secondary N) is 1. The minimum Gasteiger partial charge on any atom is -0.346 e. The van der Waals surface area contributed by atoms with E-state index in [0.717, 1.165) is 34.8 Å². The molecule has 0 atom stereocenters. The van der Waals surface area contributed by atoms with E-state index in [-0.39, 0.29) is 0 Å². The fraction of sp³-hybridized carbons (Fsp3) is 0.143. The van der Waals surface area contributed by atoms with Crippen LogP contribution in [0.5, 0.6) is 0 Å². The molecule has 0 radical (unpaired) electrons. The number of aryl methyl sites for hydroxylation is 2. The highest BCUT2D eigenvalue weighted by Gasteiger charge is 2.06. The summed E-state index contributed by atoms with van der Waals surface area (Å²) in [4.78, 5) is 12.0. The Morgan fingerprint density at radius 1 is 0.885 bits per heavy atom. The number of fused-ring (bicyclic) bond motifs is 1. The van der Waals surface area contributed by atoms with Crippen LogP contribution in [0, 0.1) is 11.6 Å². The highest BCUT2D eigenvalue weighted by atomic mass is 19.1. The van der Waals surface area contributed by atoms with Gasteiger partial charge in [0, 0.05) is 42.2 Å². The number of hydrogen-bond donors (Lipinski definition) is 1. The molecule has 5 heteroatoms. The molecular formula is C21H17F2N3. The lowest BCUT2D eigenvalue weighted by Crippen LogP contribution is -1.97. The first-order valence-corrected chi connectivity index (χ1v) is 8.47. The Balaban J connectivity index is 1.43. The van der Waals surface area contributed by atoms with Crippen molar-refractivity contribution in [2.75, 3.05) is 0 Å². The van der Waals surface area contributed by atoms with Gasteiger partial charge in [-0.05, 0) is 59.9 Å². The third-order valence-electron chi connectivity index (χ3n) is 4.41. The fourth-order valence-corrected chi connectivity index (χ4v) is 3.11. The van der Waals surface area contributed by atoms with Crippen molar-refractivity contribution in [3.8, 4) is 0 Å². The topological polar surface area (TPSA) is 41.6 Å². The van der Waals surface area contributed by atoms with Crippen LogP contribution < -0.4 is 0 Å². The molecule has 4 rings (SSSR count). The minimum atomic E-state index is -0.545. The van der Waals surface area contributed by atoms with Gasteiger partial charge in [0.2, 0.25) is 0 Å². The first-order chi connectivity index (χ1) is 12.7. The number of nitrogens with zero attached hydrogens (tertiary/aromatic N) is 2. The van der Waals surface area contributed by atoms with Crippen molar-refractivity contribution in [1.82, 2.24) is 15.0 Å². The van der Waals surface area contributed by atoms with Crippen molar-refractivity contribution in [3.05, 3.63) is 95.1 Å². The molecule has 0 saturated heterocycles. The summed E-state index contributed by atoms with van der Waals surface area (Å²) in [7, 11) is 0. The molecule has 1 aromatic carbocycles. The number of pyridine rings is 2. The lowest BCUT2D eigenvalue weighted by molar-refractivity contribution is 0.579. The second-order valence-corrected chi connectivity index (χ2v) is 6.33. The van der Waals surface area contributed by atoms with Crippen LogP contribution in [-0.4, -0.2) is 15.0 Å². The summed E-state index contributed by atoms with van der Waals surface area (Å²) in [5.41, 5.74) is 4.71. The standard InChI is InChI=1S/C21H17F2N3/c22-17-9-14(10-18(23)11-17)3-5-19-6-4-15(12-25-19)8-16-13-26-21-20(16)2-1-7-24-21/h1-2,4,6-7,9-13H,3,5,8H2,(H,24,26). The van der Waals surface area contributed by atoms with E-state index in [4.69, 9.17) is 0 Å². The van der Waals surface area contributed by atoms with Crippen molar-refractivity contribution in [3.63, 3.8) is 0 Å². The monoisotopic (exact) mass is 349 g/mol. The van der Waals surface area contributed by atoms with Crippen LogP contribution in [0.1, 0.15) is 22.4 Å². The van der Waals surface area contributed by atoms with E-state index in [2.05, 4.69) is 15.0 Å². The summed E-state index contributed by atoms with van der Waals surface area (Å²) < 4.78 is 26.5. The van der Waals surface area contributed by atoms with E-state index >= 15 is 0 Å². The molecule has 0 aliphatic rings. The molecule has 0 fully saturated rings. The summed E-state index contributed by atoms with van der Waals surface area (Å²) in [5, 5.41) is 1.12. The molecule has 4 aromatic rings. The Morgan fingerprint density at radius 2 is 1.73 bits per heavy atom. The molecule has 3 heterocycles. The molecule has 0 saturated carbocycles. The smallest absolute Gasteiger partial charge is 0.137 e. The number of aromatic nitrogens is 3. The van der Waals surface area contributed by atoms with E-state index in [1.165, 1.54) is 17.7 Å². The number of rotatable bonds is 5. The molecule has 0 spiro atoms. The Kier molecular flexibility index (Phi) is 4.44. The predicted octanol–water partition coefficient (Wildman–Crippen LogP) is 4.61. The number of aromatic amines is 1. The highest BCUT2D eigenvalue weighted by Crippen LogP contribution is 2.19. The summed E-state index contributed by atoms with van der Waals surface area (Å²) in [5.74, 6) is -1.09. The summed E-state index contributed by atoms with van der Waals surface area (Å²) in [6.45, 7) is 0. The SMILES string of the molecule is Fc1cc(F)cc(CCc2ccc(Cc3c[nH]c4ncccc34)cn2)c1. The minimum absolute atomic E-state index is 0.545. The first kappa shape index (κ1) is 16.4. The molecule has 0 unspecified atom stereocenters. The van der Waals surface area contributed by atoms with Gasteiger partial charge >= 0.3 is 0 Å². The van der Waals surface area contributed by atoms with Crippen LogP contribution >= 0.6 is 0 Å². The van der Waals surface area contributed by atoms with Gasteiger partial charge in [-0.25, -0.2) is 13.8 Å². The fourth-order valence-electron chi connectivity index (χ4n) is 3.11. The summed E-state index contributed by atoms with van der Waals surface area (Å²) in [6, 6.07) is 11.6. The molecule has 26 heavy (non-hydrogen) atoms. The van der Waals surface area contributed by atoms with Crippen LogP contribution in [0.25, 0.3) is 11.0 Å².